The van der Waals surface area contributed by atoms with E-state index in [0.29, 0.717) is 19.0 Å². The van der Waals surface area contributed by atoms with Gasteiger partial charge in [-0.2, -0.15) is 0 Å². The highest BCUT2D eigenvalue weighted by molar-refractivity contribution is 5.77. The summed E-state index contributed by atoms with van der Waals surface area (Å²) in [6.07, 6.45) is 0. The molecule has 0 saturated carbocycles. The first-order chi connectivity index (χ1) is 7.72. The van der Waals surface area contributed by atoms with Crippen LogP contribution in [0.4, 0.5) is 0 Å². The van der Waals surface area contributed by atoms with E-state index < -0.39 is 0 Å². The molecule has 4 heteroatoms. The van der Waals surface area contributed by atoms with Crippen LogP contribution in [-0.4, -0.2) is 26.3 Å². The molecule has 1 heterocycles. The molecule has 0 aliphatic carbocycles. The van der Waals surface area contributed by atoms with E-state index in [4.69, 9.17) is 14.2 Å². The maximum absolute atomic E-state index is 11.4. The van der Waals surface area contributed by atoms with Crippen molar-refractivity contribution in [1.82, 2.24) is 0 Å². The molecule has 0 fully saturated rings. The third-order valence-electron chi connectivity index (χ3n) is 2.62. The quantitative estimate of drug-likeness (QED) is 0.715. The highest BCUT2D eigenvalue weighted by atomic mass is 16.6. The molecule has 0 aromatic heterocycles. The Balaban J connectivity index is 2.26. The van der Waals surface area contributed by atoms with E-state index in [1.165, 1.54) is 7.11 Å². The second-order valence-electron chi connectivity index (χ2n) is 3.65. The van der Waals surface area contributed by atoms with Crippen LogP contribution in [0.25, 0.3) is 0 Å². The fraction of sp³-hybridized carbons (Fsp3) is 0.417. The van der Waals surface area contributed by atoms with Gasteiger partial charge in [0.15, 0.2) is 11.5 Å². The number of esters is 1. The van der Waals surface area contributed by atoms with Crippen LogP contribution < -0.4 is 9.47 Å². The zero-order valence-corrected chi connectivity index (χ0v) is 9.36. The predicted octanol–water partition coefficient (Wildman–Crippen LogP) is 1.73. The van der Waals surface area contributed by atoms with Gasteiger partial charge in [-0.25, -0.2) is 0 Å². The van der Waals surface area contributed by atoms with Crippen molar-refractivity contribution in [1.29, 1.82) is 0 Å². The first-order valence-corrected chi connectivity index (χ1v) is 5.19. The molecule has 0 N–H and O–H groups in total. The summed E-state index contributed by atoms with van der Waals surface area (Å²) in [5.74, 6) is 0.879. The lowest BCUT2D eigenvalue weighted by molar-refractivity contribution is -0.141. The number of carbonyl (C=O) groups excluding carboxylic acids is 1. The molecule has 1 aromatic rings. The summed E-state index contributed by atoms with van der Waals surface area (Å²) in [7, 11) is 1.39. The van der Waals surface area contributed by atoms with Gasteiger partial charge < -0.3 is 14.2 Å². The molecule has 1 unspecified atom stereocenters. The minimum Gasteiger partial charge on any atom is -0.486 e. The number of benzene rings is 1. The van der Waals surface area contributed by atoms with E-state index in [9.17, 15) is 4.79 Å². The van der Waals surface area contributed by atoms with E-state index >= 15 is 0 Å². The molecular formula is C12H14O4. The number of hydrogen-bond donors (Lipinski definition) is 0. The second-order valence-corrected chi connectivity index (χ2v) is 3.65. The van der Waals surface area contributed by atoms with E-state index in [2.05, 4.69) is 0 Å². The zero-order chi connectivity index (χ0) is 11.5. The Morgan fingerprint density at radius 1 is 1.31 bits per heavy atom. The molecule has 0 bridgehead atoms. The maximum atomic E-state index is 11.4. The molecule has 0 saturated heterocycles. The van der Waals surface area contributed by atoms with Crippen LogP contribution in [0.3, 0.4) is 0 Å². The molecule has 16 heavy (non-hydrogen) atoms. The van der Waals surface area contributed by atoms with Crippen LogP contribution >= 0.6 is 0 Å². The minimum atomic E-state index is -0.291. The van der Waals surface area contributed by atoms with Crippen molar-refractivity contribution in [3.8, 4) is 11.5 Å². The molecule has 1 aliphatic rings. The Morgan fingerprint density at radius 3 is 2.69 bits per heavy atom. The molecule has 0 amide bonds. The highest BCUT2D eigenvalue weighted by Gasteiger charge is 2.19. The zero-order valence-electron chi connectivity index (χ0n) is 9.36. The summed E-state index contributed by atoms with van der Waals surface area (Å²) in [4.78, 5) is 11.4. The lowest BCUT2D eigenvalue weighted by Crippen LogP contribution is -2.16. The van der Waals surface area contributed by atoms with Gasteiger partial charge in [0.1, 0.15) is 13.2 Å². The second kappa shape index (κ2) is 4.43. The molecule has 4 nitrogen and oxygen atoms in total. The fourth-order valence-electron chi connectivity index (χ4n) is 1.64. The molecule has 0 radical (unpaired) electrons. The van der Waals surface area contributed by atoms with Crippen molar-refractivity contribution in [2.45, 2.75) is 12.8 Å². The van der Waals surface area contributed by atoms with Crippen LogP contribution in [0.15, 0.2) is 18.2 Å². The van der Waals surface area contributed by atoms with Crippen LogP contribution in [0.2, 0.25) is 0 Å². The number of ether oxygens (including phenoxy) is 3. The standard InChI is InChI=1S/C12H14O4/c1-8(12(13)14-2)9-3-4-10-11(7-9)16-6-5-15-10/h3-4,7-8H,5-6H2,1-2H3. The topological polar surface area (TPSA) is 44.8 Å². The number of methoxy groups -OCH3 is 1. The van der Waals surface area contributed by atoms with E-state index in [1.54, 1.807) is 6.92 Å². The Kier molecular flexibility index (Phi) is 2.99. The van der Waals surface area contributed by atoms with Crippen molar-refractivity contribution >= 4 is 5.97 Å². The largest absolute Gasteiger partial charge is 0.486 e. The highest BCUT2D eigenvalue weighted by Crippen LogP contribution is 2.33. The summed E-state index contributed by atoms with van der Waals surface area (Å²) < 4.78 is 15.6. The first kappa shape index (κ1) is 10.8. The Bertz CT molecular complexity index is 400. The van der Waals surface area contributed by atoms with Crippen LogP contribution in [0.1, 0.15) is 18.4 Å². The third kappa shape index (κ3) is 1.96. The maximum Gasteiger partial charge on any atom is 0.312 e. The van der Waals surface area contributed by atoms with Crippen molar-refractivity contribution in [2.24, 2.45) is 0 Å². The first-order valence-electron chi connectivity index (χ1n) is 5.19. The van der Waals surface area contributed by atoms with Crippen molar-refractivity contribution in [3.05, 3.63) is 23.8 Å². The van der Waals surface area contributed by atoms with Crippen LogP contribution in [0.5, 0.6) is 11.5 Å². The summed E-state index contributed by atoms with van der Waals surface area (Å²) in [5.41, 5.74) is 0.871. The monoisotopic (exact) mass is 222 g/mol. The summed E-state index contributed by atoms with van der Waals surface area (Å²) in [6, 6.07) is 5.51. The Morgan fingerprint density at radius 2 is 2.00 bits per heavy atom. The third-order valence-corrected chi connectivity index (χ3v) is 2.62. The number of rotatable bonds is 2. The molecule has 1 aliphatic heterocycles. The summed E-state index contributed by atoms with van der Waals surface area (Å²) >= 11 is 0. The van der Waals surface area contributed by atoms with Crippen molar-refractivity contribution < 1.29 is 19.0 Å². The normalized spacial score (nSPS) is 15.4. The van der Waals surface area contributed by atoms with Gasteiger partial charge in [-0.15, -0.1) is 0 Å². The van der Waals surface area contributed by atoms with Crippen molar-refractivity contribution in [2.75, 3.05) is 20.3 Å². The van der Waals surface area contributed by atoms with E-state index in [0.717, 1.165) is 11.3 Å². The van der Waals surface area contributed by atoms with Gasteiger partial charge in [-0.05, 0) is 24.6 Å². The SMILES string of the molecule is COC(=O)C(C)c1ccc2c(c1)OCCO2. The molecule has 0 spiro atoms. The van der Waals surface area contributed by atoms with Gasteiger partial charge in [0.25, 0.3) is 0 Å². The van der Waals surface area contributed by atoms with Crippen LogP contribution in [0, 0.1) is 0 Å². The fourth-order valence-corrected chi connectivity index (χ4v) is 1.64. The summed E-state index contributed by atoms with van der Waals surface area (Å²) in [6.45, 7) is 2.92. The lowest BCUT2D eigenvalue weighted by Gasteiger charge is -2.19. The van der Waals surface area contributed by atoms with Crippen molar-refractivity contribution in [3.63, 3.8) is 0 Å². The van der Waals surface area contributed by atoms with Gasteiger partial charge in [-0.1, -0.05) is 6.07 Å². The van der Waals surface area contributed by atoms with Gasteiger partial charge in [0.05, 0.1) is 13.0 Å². The summed E-state index contributed by atoms with van der Waals surface area (Å²) in [5, 5.41) is 0. The molecule has 2 rings (SSSR count). The van der Waals surface area contributed by atoms with E-state index in [1.807, 2.05) is 18.2 Å². The van der Waals surface area contributed by atoms with Gasteiger partial charge in [0, 0.05) is 0 Å². The number of carbonyl (C=O) groups is 1. The molecule has 86 valence electrons. The average molecular weight is 222 g/mol. The smallest absolute Gasteiger partial charge is 0.312 e. The number of hydrogen-bond acceptors (Lipinski definition) is 4. The Labute approximate surface area is 94.1 Å². The van der Waals surface area contributed by atoms with Gasteiger partial charge in [0.2, 0.25) is 0 Å². The molecule has 1 aromatic carbocycles. The van der Waals surface area contributed by atoms with E-state index in [-0.39, 0.29) is 11.9 Å². The van der Waals surface area contributed by atoms with Gasteiger partial charge in [-0.3, -0.25) is 4.79 Å². The molecular weight excluding hydrogens is 208 g/mol. The number of fused-ring (bicyclic) bond motifs is 1. The Hall–Kier alpha value is -1.71. The average Bonchev–Trinajstić information content (AvgIpc) is 2.36. The minimum absolute atomic E-state index is 0.253. The molecule has 1 atom stereocenters. The lowest BCUT2D eigenvalue weighted by atomic mass is 10.0. The van der Waals surface area contributed by atoms with Crippen LogP contribution in [-0.2, 0) is 9.53 Å². The predicted molar refractivity (Wildman–Crippen MR) is 57.9 cm³/mol. The van der Waals surface area contributed by atoms with Gasteiger partial charge >= 0.3 is 5.97 Å².